The Bertz CT molecular complexity index is 839. The predicted octanol–water partition coefficient (Wildman–Crippen LogP) is 4.32. The van der Waals surface area contributed by atoms with Gasteiger partial charge in [-0.2, -0.15) is 0 Å². The Labute approximate surface area is 167 Å². The van der Waals surface area contributed by atoms with Gasteiger partial charge < -0.3 is 9.84 Å². The largest absolute Gasteiger partial charge is 0.497 e. The molecule has 1 aromatic heterocycles. The Morgan fingerprint density at radius 2 is 1.71 bits per heavy atom. The molecule has 0 radical (unpaired) electrons. The molecule has 0 bridgehead atoms. The molecule has 3 rings (SSSR count). The average molecular weight is 377 g/mol. The van der Waals surface area contributed by atoms with Crippen molar-refractivity contribution in [2.24, 2.45) is 0 Å². The average Bonchev–Trinajstić information content (AvgIpc) is 2.77. The molecule has 4 nitrogen and oxygen atoms in total. The van der Waals surface area contributed by atoms with Crippen molar-refractivity contribution in [2.75, 3.05) is 13.7 Å². The van der Waals surface area contributed by atoms with E-state index in [1.165, 1.54) is 0 Å². The van der Waals surface area contributed by atoms with E-state index in [1.54, 1.807) is 7.11 Å². The van der Waals surface area contributed by atoms with E-state index in [4.69, 9.17) is 4.74 Å². The van der Waals surface area contributed by atoms with E-state index in [9.17, 15) is 5.11 Å². The number of aromatic nitrogens is 1. The monoisotopic (exact) mass is 376 g/mol. The third kappa shape index (κ3) is 5.18. The molecule has 3 aromatic rings. The molecule has 28 heavy (non-hydrogen) atoms. The molecule has 146 valence electrons. The van der Waals surface area contributed by atoms with Crippen molar-refractivity contribution in [1.29, 1.82) is 0 Å². The molecule has 0 amide bonds. The zero-order valence-electron chi connectivity index (χ0n) is 16.5. The molecule has 3 atom stereocenters. The van der Waals surface area contributed by atoms with Gasteiger partial charge in [-0.05, 0) is 48.4 Å². The number of rotatable bonds is 9. The molecule has 1 heterocycles. The van der Waals surface area contributed by atoms with Crippen LogP contribution in [0.5, 0.6) is 5.75 Å². The standard InChI is InChI=1S/C24H28N2O2/c1-18(19-9-4-3-5-10-19)24(27)26-16-14-22(23-13-6-7-15-25-23)20-11-8-12-21(17-20)28-2/h3-13,15,17-18,22,24,26-27H,14,16H2,1-2H3. The zero-order chi connectivity index (χ0) is 19.8. The highest BCUT2D eigenvalue weighted by Gasteiger charge is 2.19. The minimum absolute atomic E-state index is 0.0197. The van der Waals surface area contributed by atoms with Crippen molar-refractivity contribution < 1.29 is 9.84 Å². The Hall–Kier alpha value is -2.69. The molecule has 0 fully saturated rings. The van der Waals surface area contributed by atoms with E-state index in [-0.39, 0.29) is 11.8 Å². The number of benzene rings is 2. The molecule has 0 aliphatic heterocycles. The minimum atomic E-state index is -0.600. The fourth-order valence-corrected chi connectivity index (χ4v) is 3.42. The van der Waals surface area contributed by atoms with Gasteiger partial charge >= 0.3 is 0 Å². The molecule has 0 aliphatic carbocycles. The quantitative estimate of drug-likeness (QED) is 0.546. The van der Waals surface area contributed by atoms with Crippen LogP contribution >= 0.6 is 0 Å². The van der Waals surface area contributed by atoms with Crippen LogP contribution in [0.4, 0.5) is 0 Å². The first-order valence-corrected chi connectivity index (χ1v) is 9.70. The predicted molar refractivity (Wildman–Crippen MR) is 113 cm³/mol. The first kappa shape index (κ1) is 20.1. The Balaban J connectivity index is 1.68. The summed E-state index contributed by atoms with van der Waals surface area (Å²) in [6, 6.07) is 24.2. The number of nitrogens with one attached hydrogen (secondary N) is 1. The van der Waals surface area contributed by atoms with E-state index in [0.29, 0.717) is 6.54 Å². The van der Waals surface area contributed by atoms with Crippen LogP contribution in [0, 0.1) is 0 Å². The smallest absolute Gasteiger partial charge is 0.119 e. The molecular weight excluding hydrogens is 348 g/mol. The number of hydrogen-bond donors (Lipinski definition) is 2. The van der Waals surface area contributed by atoms with Gasteiger partial charge in [-0.15, -0.1) is 0 Å². The van der Waals surface area contributed by atoms with E-state index in [0.717, 1.165) is 29.0 Å². The number of pyridine rings is 1. The zero-order valence-corrected chi connectivity index (χ0v) is 16.5. The summed E-state index contributed by atoms with van der Waals surface area (Å²) in [5.74, 6) is 0.985. The lowest BCUT2D eigenvalue weighted by Gasteiger charge is -2.23. The number of aliphatic hydroxyl groups is 1. The molecule has 2 N–H and O–H groups in total. The van der Waals surface area contributed by atoms with Crippen molar-refractivity contribution in [3.63, 3.8) is 0 Å². The van der Waals surface area contributed by atoms with Crippen LogP contribution < -0.4 is 10.1 Å². The Morgan fingerprint density at radius 1 is 0.964 bits per heavy atom. The summed E-state index contributed by atoms with van der Waals surface area (Å²) in [5, 5.41) is 13.8. The van der Waals surface area contributed by atoms with E-state index < -0.39 is 6.23 Å². The molecule has 4 heteroatoms. The summed E-state index contributed by atoms with van der Waals surface area (Å²) in [6.45, 7) is 2.71. The van der Waals surface area contributed by atoms with Gasteiger partial charge in [-0.1, -0.05) is 55.5 Å². The highest BCUT2D eigenvalue weighted by Crippen LogP contribution is 2.29. The van der Waals surface area contributed by atoms with Crippen LogP contribution in [-0.2, 0) is 0 Å². The summed E-state index contributed by atoms with van der Waals surface area (Å²) in [7, 11) is 1.68. The maximum atomic E-state index is 10.6. The van der Waals surface area contributed by atoms with Crippen molar-refractivity contribution >= 4 is 0 Å². The highest BCUT2D eigenvalue weighted by atomic mass is 16.5. The SMILES string of the molecule is COc1cccc(C(CCNC(O)C(C)c2ccccc2)c2ccccn2)c1. The third-order valence-corrected chi connectivity index (χ3v) is 5.13. The lowest BCUT2D eigenvalue weighted by Crippen LogP contribution is -2.34. The molecule has 2 aromatic carbocycles. The molecule has 0 spiro atoms. The summed E-state index contributed by atoms with van der Waals surface area (Å²) in [6.07, 6.45) is 2.04. The summed E-state index contributed by atoms with van der Waals surface area (Å²) < 4.78 is 5.39. The van der Waals surface area contributed by atoms with Gasteiger partial charge in [0.1, 0.15) is 12.0 Å². The molecule has 0 saturated heterocycles. The number of methoxy groups -OCH3 is 1. The van der Waals surface area contributed by atoms with Gasteiger partial charge in [0.2, 0.25) is 0 Å². The van der Waals surface area contributed by atoms with Gasteiger partial charge in [0, 0.05) is 23.7 Å². The van der Waals surface area contributed by atoms with Crippen molar-refractivity contribution in [3.05, 3.63) is 95.8 Å². The highest BCUT2D eigenvalue weighted by molar-refractivity contribution is 5.35. The second kappa shape index (κ2) is 10.0. The second-order valence-electron chi connectivity index (χ2n) is 6.97. The van der Waals surface area contributed by atoms with E-state index in [1.807, 2.05) is 73.8 Å². The summed E-state index contributed by atoms with van der Waals surface area (Å²) in [4.78, 5) is 4.56. The second-order valence-corrected chi connectivity index (χ2v) is 6.97. The minimum Gasteiger partial charge on any atom is -0.497 e. The summed E-state index contributed by atoms with van der Waals surface area (Å²) in [5.41, 5.74) is 3.30. The number of aliphatic hydroxyl groups excluding tert-OH is 1. The van der Waals surface area contributed by atoms with Crippen LogP contribution in [0.3, 0.4) is 0 Å². The van der Waals surface area contributed by atoms with Crippen molar-refractivity contribution in [3.8, 4) is 5.75 Å². The lowest BCUT2D eigenvalue weighted by molar-refractivity contribution is 0.113. The van der Waals surface area contributed by atoms with Crippen LogP contribution in [0.25, 0.3) is 0 Å². The van der Waals surface area contributed by atoms with E-state index in [2.05, 4.69) is 22.4 Å². The number of ether oxygens (including phenoxy) is 1. The van der Waals surface area contributed by atoms with Crippen LogP contribution in [0.15, 0.2) is 79.0 Å². The molecular formula is C24H28N2O2. The maximum Gasteiger partial charge on any atom is 0.119 e. The first-order valence-electron chi connectivity index (χ1n) is 9.70. The normalized spacial score (nSPS) is 14.2. The maximum absolute atomic E-state index is 10.6. The third-order valence-electron chi connectivity index (χ3n) is 5.13. The Kier molecular flexibility index (Phi) is 7.18. The Morgan fingerprint density at radius 3 is 2.43 bits per heavy atom. The van der Waals surface area contributed by atoms with Gasteiger partial charge in [0.05, 0.1) is 7.11 Å². The fourth-order valence-electron chi connectivity index (χ4n) is 3.42. The van der Waals surface area contributed by atoms with Gasteiger partial charge in [0.25, 0.3) is 0 Å². The van der Waals surface area contributed by atoms with Crippen molar-refractivity contribution in [2.45, 2.75) is 31.4 Å². The topological polar surface area (TPSA) is 54.4 Å². The van der Waals surface area contributed by atoms with E-state index >= 15 is 0 Å². The molecule has 0 aliphatic rings. The first-order chi connectivity index (χ1) is 13.7. The van der Waals surface area contributed by atoms with Crippen LogP contribution in [-0.4, -0.2) is 30.0 Å². The van der Waals surface area contributed by atoms with Gasteiger partial charge in [-0.25, -0.2) is 0 Å². The van der Waals surface area contributed by atoms with Gasteiger partial charge in [-0.3, -0.25) is 10.3 Å². The number of hydrogen-bond acceptors (Lipinski definition) is 4. The fraction of sp³-hybridized carbons (Fsp3) is 0.292. The molecule has 0 saturated carbocycles. The molecule has 3 unspecified atom stereocenters. The lowest BCUT2D eigenvalue weighted by atomic mass is 9.91. The van der Waals surface area contributed by atoms with Crippen LogP contribution in [0.2, 0.25) is 0 Å². The van der Waals surface area contributed by atoms with Gasteiger partial charge in [0.15, 0.2) is 0 Å². The van der Waals surface area contributed by atoms with Crippen LogP contribution in [0.1, 0.15) is 42.0 Å². The summed E-state index contributed by atoms with van der Waals surface area (Å²) >= 11 is 0. The number of nitrogens with zero attached hydrogens (tertiary/aromatic N) is 1. The van der Waals surface area contributed by atoms with Crippen molar-refractivity contribution in [1.82, 2.24) is 10.3 Å².